The smallest absolute Gasteiger partial charge is 0.351 e. The molecule has 49 heteroatoms. The number of nitrogen functional groups attached to an aromatic ring is 1. The van der Waals surface area contributed by atoms with Crippen LogP contribution in [0, 0.1) is 17.8 Å². The van der Waals surface area contributed by atoms with Crippen molar-refractivity contribution in [2.45, 2.75) is 248 Å². The molecule has 6 fully saturated rings. The standard InChI is InChI=1S/C20H25ClN2O5.C19H23ClN2O6.C13H18ClFN2O3.C12H17ClN2O4.C11H15ClFN3O4.C11H14ClFN2O5/c1-4-20(12-24)13(2)17(21)18(28-20)22-10-9-16(25)23(19(22)26)11-14-5-7-15(27-3)8-6-14;1-12-16(20)17(28-19(12,10-23)11-24)21-8-7-15(25)22(18(21)26)9-13-3-5-14(27-2)6-4-13;1-4-13(8(3)15)7(2)10(14)11(20-13)17-6-5-9(18)16-12(17)19;1-3-12(4-2)9(17)8(13)10(19-12)15-6-5-7(16)14-11(15)18;1-5(13)11(4-17)8(18)7(12)9(20-11)16-3-2-6(14)15-10(16)19;1-5(13)11(4-16)8(18)7(12)9(20-11)15-3-2-6(17)14-10(15)19/h5-10,13,17-18,24H,4,11-12H2,1-3H3;3-8,12,16-17,23-24H,9-11H2,1-2H3;5-8,10-11H,4H2,1-3H3,(H,16,18,19);5-6,8-10,17H,3-4H2,1-2H3,(H,14,16,18);2-3,5,7-9,17-18H,4H2,1H3,(H2,14,15,19);2-3,5,7-9,16,18H,4H2,1H3,(H,14,17,19)/t13-,17+,18+,20-;12-,16+,17+;7-,8?,10+,11+,13+;8-,9+,10-;2*5?,7-,8+,9-,11+/m000111/s1. The number of anilines is 1. The van der Waals surface area contributed by atoms with E-state index in [4.69, 9.17) is 113 Å². The maximum absolute atomic E-state index is 14.0. The third-order valence-corrected chi connectivity index (χ3v) is 29.1. The van der Waals surface area contributed by atoms with Crippen molar-refractivity contribution in [2.75, 3.05) is 53.0 Å². The summed E-state index contributed by atoms with van der Waals surface area (Å²) < 4.78 is 95.0. The van der Waals surface area contributed by atoms with Crippen LogP contribution in [0.3, 0.4) is 0 Å². The van der Waals surface area contributed by atoms with Gasteiger partial charge in [-0.15, -0.1) is 69.6 Å². The Morgan fingerprint density at radius 2 is 0.696 bits per heavy atom. The molecule has 746 valence electrons. The lowest BCUT2D eigenvalue weighted by molar-refractivity contribution is -0.161. The van der Waals surface area contributed by atoms with Gasteiger partial charge >= 0.3 is 34.1 Å². The topological polar surface area (TPSA) is 549 Å². The van der Waals surface area contributed by atoms with Gasteiger partial charge in [0.25, 0.3) is 27.8 Å². The third kappa shape index (κ3) is 22.2. The van der Waals surface area contributed by atoms with Gasteiger partial charge in [0.2, 0.25) is 0 Å². The van der Waals surface area contributed by atoms with Gasteiger partial charge in [-0.3, -0.25) is 75.5 Å². The number of halogens is 9. The van der Waals surface area contributed by atoms with Gasteiger partial charge in [-0.25, -0.2) is 41.9 Å². The maximum atomic E-state index is 14.0. The van der Waals surface area contributed by atoms with Crippen molar-refractivity contribution in [3.63, 3.8) is 0 Å². The highest BCUT2D eigenvalue weighted by molar-refractivity contribution is 6.23. The number of ether oxygens (including phenoxy) is 8. The van der Waals surface area contributed by atoms with Crippen molar-refractivity contribution >= 4 is 75.4 Å². The Bertz CT molecular complexity index is 5770. The molecule has 6 aromatic heterocycles. The van der Waals surface area contributed by atoms with Gasteiger partial charge in [-0.05, 0) is 87.9 Å². The number of nitrogens with one attached hydrogen (secondary N) is 3. The van der Waals surface area contributed by atoms with Gasteiger partial charge in [0.05, 0.1) is 87.7 Å². The second-order valence-corrected chi connectivity index (χ2v) is 36.2. The molecule has 8 aromatic rings. The highest BCUT2D eigenvalue weighted by Crippen LogP contribution is 2.51. The van der Waals surface area contributed by atoms with Crippen molar-refractivity contribution in [3.8, 4) is 11.5 Å². The van der Waals surface area contributed by atoms with E-state index in [0.717, 1.165) is 55.5 Å². The van der Waals surface area contributed by atoms with Crippen molar-refractivity contribution in [1.29, 1.82) is 0 Å². The minimum absolute atomic E-state index is 0.0169. The molecule has 6 aliphatic heterocycles. The molecule has 0 bridgehead atoms. The second-order valence-electron chi connectivity index (χ2n) is 33.2. The molecule has 2 aromatic carbocycles. The lowest BCUT2D eigenvalue weighted by Crippen LogP contribution is -2.51. The van der Waals surface area contributed by atoms with Crippen LogP contribution in [0.2, 0.25) is 0 Å². The summed E-state index contributed by atoms with van der Waals surface area (Å²) in [6, 6.07) is 21.6. The Morgan fingerprint density at radius 1 is 0.393 bits per heavy atom. The monoisotopic (exact) mass is 2030 g/mol. The molecule has 0 aliphatic carbocycles. The number of H-pyrrole nitrogens is 3. The summed E-state index contributed by atoms with van der Waals surface area (Å²) >= 11 is 37.5. The van der Waals surface area contributed by atoms with E-state index in [1.807, 2.05) is 46.5 Å². The van der Waals surface area contributed by atoms with Crippen LogP contribution in [0.15, 0.2) is 175 Å². The Balaban J connectivity index is 0.000000183. The van der Waals surface area contributed by atoms with Crippen molar-refractivity contribution in [2.24, 2.45) is 17.8 Å². The molecule has 3 unspecified atom stereocenters. The van der Waals surface area contributed by atoms with Crippen molar-refractivity contribution in [1.82, 2.24) is 56.5 Å². The molecule has 0 radical (unpaired) electrons. The lowest BCUT2D eigenvalue weighted by atomic mass is 9.83. The van der Waals surface area contributed by atoms with Crippen molar-refractivity contribution in [3.05, 3.63) is 248 Å². The van der Waals surface area contributed by atoms with Gasteiger partial charge in [-0.1, -0.05) is 72.7 Å². The number of hydrogen-bond donors (Lipinski definition) is 12. The van der Waals surface area contributed by atoms with Crippen LogP contribution in [0.25, 0.3) is 0 Å². The van der Waals surface area contributed by atoms with E-state index in [-0.39, 0.29) is 37.4 Å². The molecule has 12 heterocycles. The largest absolute Gasteiger partial charge is 0.497 e. The molecular weight excluding hydrogens is 1920 g/mol. The zero-order chi connectivity index (χ0) is 100. The van der Waals surface area contributed by atoms with E-state index < -0.39 is 234 Å². The minimum Gasteiger partial charge on any atom is -0.497 e. The fraction of sp³-hybridized carbons (Fsp3) is 0.581. The first-order valence-electron chi connectivity index (χ1n) is 42.8. The molecule has 14 rings (SSSR count). The predicted octanol–water partition coefficient (Wildman–Crippen LogP) is 3.49. The SMILES string of the molecule is CC(F)[C@]1(CO)O[C@@H](n2ccc(=O)[nH]c2=O)[C@H](Cl)[C@@H]1O.CC(F)[C@]1(CO)O[C@@H](n2ccc(N)nc2=O)[C@H](Cl)[C@@H]1O.CCC1(CC)O[C@@H](n2ccc(=O)[nH]c2=O)[C@H](Cl)[C@@H]1O.CC[C@@]1(C(C)F)O[C@@H](n2ccc(=O)[nH]c2=O)[C@H](Cl)[C@@H]1C.CC[C@@]1(CO)O[C@@H](n2ccc(=O)n(Cc3ccc(OC)cc3)c2=O)[C@H](Cl)[C@@H]1C.COc1ccc(Cn2c(=O)ccn([C@@H]3OC(CO)(CO)[C@@H](C)[C@H]3Cl)c2=O)cc1. The van der Waals surface area contributed by atoms with E-state index in [9.17, 15) is 107 Å². The molecular formula is C86H112Cl6F3N13O27. The number of alkyl halides is 9. The van der Waals surface area contributed by atoms with Crippen LogP contribution in [0.1, 0.15) is 143 Å². The Kier molecular flexibility index (Phi) is 37.2. The number of nitrogens with two attached hydrogens (primary N) is 1. The van der Waals surface area contributed by atoms with Crippen molar-refractivity contribution < 1.29 is 91.9 Å². The molecule has 6 aliphatic rings. The van der Waals surface area contributed by atoms with E-state index in [2.05, 4.69) is 15.0 Å². The quantitative estimate of drug-likeness (QED) is 0.0385. The first kappa shape index (κ1) is 110. The molecule has 40 nitrogen and oxygen atoms in total. The van der Waals surface area contributed by atoms with E-state index >= 15 is 0 Å². The number of nitrogens with zero attached hydrogens (tertiary/aromatic N) is 9. The Hall–Kier alpha value is -8.91. The molecule has 0 spiro atoms. The number of methoxy groups -OCH3 is 2. The van der Waals surface area contributed by atoms with E-state index in [1.165, 1.54) is 86.5 Å². The summed E-state index contributed by atoms with van der Waals surface area (Å²) in [4.78, 5) is 141. The second kappa shape index (κ2) is 45.8. The summed E-state index contributed by atoms with van der Waals surface area (Å²) in [7, 11) is 3.13. The number of rotatable bonds is 24. The predicted molar refractivity (Wildman–Crippen MR) is 490 cm³/mol. The zero-order valence-electron chi connectivity index (χ0n) is 75.3. The third-order valence-electron chi connectivity index (χ3n) is 25.9. The summed E-state index contributed by atoms with van der Waals surface area (Å²) in [6.07, 6.45) is -4.15. The average Bonchev–Trinajstić information content (AvgIpc) is 1.63. The summed E-state index contributed by atoms with van der Waals surface area (Å²) in [6.45, 7) is 14.2. The molecule has 6 saturated heterocycles. The molecule has 25 atom stereocenters. The first-order valence-corrected chi connectivity index (χ1v) is 45.4. The van der Waals surface area contributed by atoms with E-state index in [0.29, 0.717) is 37.2 Å². The fourth-order valence-electron chi connectivity index (χ4n) is 16.8. The Morgan fingerprint density at radius 3 is 0.993 bits per heavy atom. The number of aromatic nitrogens is 12. The summed E-state index contributed by atoms with van der Waals surface area (Å²) in [5, 5.41) is 73.4. The normalized spacial score (nSPS) is 30.3. The minimum atomic E-state index is -1.91. The number of hydrogen-bond acceptors (Lipinski definition) is 29. The van der Waals surface area contributed by atoms with E-state index in [1.54, 1.807) is 69.7 Å². The van der Waals surface area contributed by atoms with Crippen LogP contribution < -0.4 is 77.1 Å². The number of aliphatic hydroxyl groups excluding tert-OH is 8. The van der Waals surface area contributed by atoms with Crippen LogP contribution >= 0.6 is 69.6 Å². The summed E-state index contributed by atoms with van der Waals surface area (Å²) in [5.41, 5.74) is -7.02. The number of aromatic amines is 3. The highest BCUT2D eigenvalue weighted by atomic mass is 35.5. The van der Waals surface area contributed by atoms with Gasteiger partial charge in [0.1, 0.15) is 81.5 Å². The Labute approximate surface area is 797 Å². The number of benzene rings is 2. The van der Waals surface area contributed by atoms with Gasteiger partial charge in [0, 0.05) is 85.3 Å². The zero-order valence-corrected chi connectivity index (χ0v) is 79.8. The van der Waals surface area contributed by atoms with Gasteiger partial charge in [0.15, 0.2) is 48.6 Å². The first-order chi connectivity index (χ1) is 63.7. The number of aliphatic hydroxyl groups is 8. The molecule has 0 saturated carbocycles. The average molecular weight is 2030 g/mol. The summed E-state index contributed by atoms with van der Waals surface area (Å²) in [5.74, 6) is 0.538. The fourth-order valence-corrected chi connectivity index (χ4v) is 19.2. The highest BCUT2D eigenvalue weighted by Gasteiger charge is 2.61. The van der Waals surface area contributed by atoms with Crippen LogP contribution in [0.5, 0.6) is 11.5 Å². The molecule has 0 amide bonds. The maximum Gasteiger partial charge on any atom is 0.351 e. The molecule has 13 N–H and O–H groups in total. The van der Waals surface area contributed by atoms with Crippen LogP contribution in [-0.4, -0.2) is 247 Å². The van der Waals surface area contributed by atoms with Crippen LogP contribution in [-0.2, 0) is 41.5 Å². The van der Waals surface area contributed by atoms with Gasteiger partial charge in [-0.2, -0.15) is 4.98 Å². The van der Waals surface area contributed by atoms with Gasteiger partial charge < -0.3 is 84.5 Å². The lowest BCUT2D eigenvalue weighted by Gasteiger charge is -2.33. The van der Waals surface area contributed by atoms with Crippen LogP contribution in [0.4, 0.5) is 19.0 Å². The molecule has 135 heavy (non-hydrogen) atoms.